The number of nitrogens with zero attached hydrogens (tertiary/aromatic N) is 4. The van der Waals surface area contributed by atoms with Crippen molar-refractivity contribution in [2.45, 2.75) is 18.2 Å². The van der Waals surface area contributed by atoms with Gasteiger partial charge >= 0.3 is 0 Å². The first kappa shape index (κ1) is 17.0. The van der Waals surface area contributed by atoms with Gasteiger partial charge in [-0.15, -0.1) is 0 Å². The van der Waals surface area contributed by atoms with Crippen LogP contribution in [-0.2, 0) is 18.3 Å². The first-order valence-corrected chi connectivity index (χ1v) is 9.38. The van der Waals surface area contributed by atoms with Gasteiger partial charge in [-0.25, -0.2) is 4.98 Å². The number of aliphatic hydroxyl groups is 1. The summed E-state index contributed by atoms with van der Waals surface area (Å²) in [6.45, 7) is 3.51. The van der Waals surface area contributed by atoms with E-state index in [1.54, 1.807) is 6.07 Å². The molecule has 0 aliphatic carbocycles. The number of aliphatic hydroxyl groups excluding tert-OH is 1. The number of rotatable bonds is 4. The van der Waals surface area contributed by atoms with E-state index in [0.29, 0.717) is 18.7 Å². The van der Waals surface area contributed by atoms with Crippen LogP contribution in [0.2, 0.25) is 0 Å². The summed E-state index contributed by atoms with van der Waals surface area (Å²) in [5.41, 5.74) is 0.144. The molecule has 3 fully saturated rings. The highest BCUT2D eigenvalue weighted by molar-refractivity contribution is 5.94. The third-order valence-corrected chi connectivity index (χ3v) is 6.41. The molecule has 4 atom stereocenters. The quantitative estimate of drug-likeness (QED) is 0.834. The molecule has 5 rings (SSSR count). The summed E-state index contributed by atoms with van der Waals surface area (Å²) in [7, 11) is 2.00. The highest BCUT2D eigenvalue weighted by atomic mass is 16.5. The van der Waals surface area contributed by atoms with Crippen molar-refractivity contribution in [3.05, 3.63) is 42.4 Å². The predicted octanol–water partition coefficient (Wildman–Crippen LogP) is 0.347. The average molecular weight is 372 g/mol. The zero-order valence-electron chi connectivity index (χ0n) is 15.3. The van der Waals surface area contributed by atoms with Gasteiger partial charge in [0.25, 0.3) is 5.91 Å². The number of aryl methyl sites for hydroxylation is 1. The van der Waals surface area contributed by atoms with E-state index in [4.69, 9.17) is 9.15 Å². The lowest BCUT2D eigenvalue weighted by molar-refractivity contribution is -0.118. The van der Waals surface area contributed by atoms with E-state index in [9.17, 15) is 9.90 Å². The van der Waals surface area contributed by atoms with Crippen molar-refractivity contribution in [3.63, 3.8) is 0 Å². The Kier molecular flexibility index (Phi) is 3.89. The number of hydrogen-bond acceptors (Lipinski definition) is 6. The van der Waals surface area contributed by atoms with Crippen molar-refractivity contribution in [1.29, 1.82) is 0 Å². The number of carbonyl (C=O) groups excluding carboxylic acids is 1. The lowest BCUT2D eigenvalue weighted by atomic mass is 9.83. The van der Waals surface area contributed by atoms with Gasteiger partial charge in [-0.1, -0.05) is 0 Å². The number of aromatic nitrogens is 2. The molecule has 1 N–H and O–H groups in total. The number of furan rings is 1. The normalized spacial score (nSPS) is 32.8. The molecule has 2 aromatic rings. The summed E-state index contributed by atoms with van der Waals surface area (Å²) in [4.78, 5) is 21.4. The standard InChI is InChI=1S/C19H24N4O4/c1-21-4-3-20-17(21)8-22-7-16-14(9-24)15-6-23(12-19(15,11-22)27-16)18(25)13-2-5-26-10-13/h2-5,10,14-16,24H,6-9,11-12H2,1H3/t14-,15+,16+,19+/m0/s1. The van der Waals surface area contributed by atoms with Crippen molar-refractivity contribution in [2.75, 3.05) is 32.8 Å². The summed E-state index contributed by atoms with van der Waals surface area (Å²) in [6.07, 6.45) is 6.75. The fraction of sp³-hybridized carbons (Fsp3) is 0.579. The lowest BCUT2D eigenvalue weighted by Crippen LogP contribution is -2.54. The minimum absolute atomic E-state index is 0.000181. The molecular formula is C19H24N4O4. The molecule has 0 unspecified atom stereocenters. The summed E-state index contributed by atoms with van der Waals surface area (Å²) >= 11 is 0. The van der Waals surface area contributed by atoms with Crippen molar-refractivity contribution < 1.29 is 19.1 Å². The van der Waals surface area contributed by atoms with Gasteiger partial charge in [0, 0.05) is 57.5 Å². The minimum Gasteiger partial charge on any atom is -0.472 e. The van der Waals surface area contributed by atoms with Gasteiger partial charge in [-0.3, -0.25) is 9.69 Å². The van der Waals surface area contributed by atoms with Crippen LogP contribution < -0.4 is 0 Å². The van der Waals surface area contributed by atoms with Gasteiger partial charge in [0.1, 0.15) is 17.7 Å². The second kappa shape index (κ2) is 6.19. The number of hydrogen-bond donors (Lipinski definition) is 1. The largest absolute Gasteiger partial charge is 0.472 e. The molecule has 8 heteroatoms. The first-order chi connectivity index (χ1) is 13.1. The third kappa shape index (κ3) is 2.62. The molecule has 5 heterocycles. The highest BCUT2D eigenvalue weighted by Crippen LogP contribution is 2.49. The number of carbonyl (C=O) groups is 1. The fourth-order valence-electron chi connectivity index (χ4n) is 5.12. The monoisotopic (exact) mass is 372 g/mol. The molecule has 2 aromatic heterocycles. The number of ether oxygens (including phenoxy) is 1. The smallest absolute Gasteiger partial charge is 0.257 e. The summed E-state index contributed by atoms with van der Waals surface area (Å²) < 4.78 is 13.5. The molecule has 144 valence electrons. The van der Waals surface area contributed by atoms with E-state index in [0.717, 1.165) is 25.5 Å². The summed E-state index contributed by atoms with van der Waals surface area (Å²) in [6, 6.07) is 1.69. The van der Waals surface area contributed by atoms with Crippen LogP contribution in [0.25, 0.3) is 0 Å². The topological polar surface area (TPSA) is 84.0 Å². The Bertz CT molecular complexity index is 835. The van der Waals surface area contributed by atoms with Gasteiger partial charge in [-0.2, -0.15) is 0 Å². The molecule has 3 aliphatic rings. The SMILES string of the molecule is Cn1ccnc1CN1C[C@H]2O[C@]3(C1)CN(C(=O)c1ccoc1)C[C@@H]3[C@@H]2CO. The zero-order chi connectivity index (χ0) is 18.6. The zero-order valence-corrected chi connectivity index (χ0v) is 15.3. The minimum atomic E-state index is -0.416. The molecule has 1 amide bonds. The van der Waals surface area contributed by atoms with Crippen LogP contribution in [0.5, 0.6) is 0 Å². The van der Waals surface area contributed by atoms with Crippen LogP contribution in [0.3, 0.4) is 0 Å². The Morgan fingerprint density at radius 1 is 1.41 bits per heavy atom. The second-order valence-corrected chi connectivity index (χ2v) is 8.00. The molecule has 3 saturated heterocycles. The van der Waals surface area contributed by atoms with Crippen molar-refractivity contribution in [1.82, 2.24) is 19.4 Å². The Labute approximate surface area is 157 Å². The van der Waals surface area contributed by atoms with E-state index in [1.165, 1.54) is 12.5 Å². The van der Waals surface area contributed by atoms with Gasteiger partial charge in [0.2, 0.25) is 0 Å². The van der Waals surface area contributed by atoms with Crippen LogP contribution in [0.15, 0.2) is 35.4 Å². The first-order valence-electron chi connectivity index (χ1n) is 9.38. The Balaban J connectivity index is 1.39. The van der Waals surface area contributed by atoms with Crippen molar-refractivity contribution in [2.24, 2.45) is 18.9 Å². The maximum Gasteiger partial charge on any atom is 0.257 e. The molecule has 8 nitrogen and oxygen atoms in total. The molecular weight excluding hydrogens is 348 g/mol. The van der Waals surface area contributed by atoms with Gasteiger partial charge in [0.05, 0.1) is 31.0 Å². The molecule has 3 aliphatic heterocycles. The van der Waals surface area contributed by atoms with Gasteiger partial charge < -0.3 is 23.7 Å². The molecule has 2 bridgehead atoms. The Morgan fingerprint density at radius 2 is 2.30 bits per heavy atom. The molecule has 0 radical (unpaired) electrons. The molecule has 27 heavy (non-hydrogen) atoms. The number of imidazole rings is 1. The molecule has 1 spiro atoms. The van der Waals surface area contributed by atoms with E-state index in [2.05, 4.69) is 9.88 Å². The van der Waals surface area contributed by atoms with Crippen LogP contribution in [-0.4, -0.2) is 74.9 Å². The van der Waals surface area contributed by atoms with Crippen molar-refractivity contribution >= 4 is 5.91 Å². The van der Waals surface area contributed by atoms with Crippen LogP contribution in [0, 0.1) is 11.8 Å². The predicted molar refractivity (Wildman–Crippen MR) is 94.8 cm³/mol. The highest BCUT2D eigenvalue weighted by Gasteiger charge is 2.62. The van der Waals surface area contributed by atoms with E-state index < -0.39 is 5.60 Å². The van der Waals surface area contributed by atoms with Crippen LogP contribution in [0.1, 0.15) is 16.2 Å². The number of amides is 1. The fourth-order valence-corrected chi connectivity index (χ4v) is 5.12. The van der Waals surface area contributed by atoms with Crippen LogP contribution in [0.4, 0.5) is 0 Å². The number of morpholine rings is 1. The van der Waals surface area contributed by atoms with Gasteiger partial charge in [-0.05, 0) is 6.07 Å². The van der Waals surface area contributed by atoms with Gasteiger partial charge in [0.15, 0.2) is 0 Å². The summed E-state index contributed by atoms with van der Waals surface area (Å²) in [5.74, 6) is 1.17. The average Bonchev–Trinajstić information content (AvgIpc) is 3.40. The van der Waals surface area contributed by atoms with Crippen LogP contribution >= 0.6 is 0 Å². The Hall–Kier alpha value is -2.16. The van der Waals surface area contributed by atoms with E-state index >= 15 is 0 Å². The molecule has 0 aromatic carbocycles. The number of fused-ring (bicyclic) bond motifs is 1. The Morgan fingerprint density at radius 3 is 3.00 bits per heavy atom. The summed E-state index contributed by atoms with van der Waals surface area (Å²) in [5, 5.41) is 10.0. The lowest BCUT2D eigenvalue weighted by Gasteiger charge is -2.40. The number of likely N-dealkylation sites (tertiary alicyclic amines) is 2. The van der Waals surface area contributed by atoms with E-state index in [-0.39, 0.29) is 30.5 Å². The maximum absolute atomic E-state index is 12.8. The third-order valence-electron chi connectivity index (χ3n) is 6.41. The maximum atomic E-state index is 12.8. The van der Waals surface area contributed by atoms with Crippen molar-refractivity contribution in [3.8, 4) is 0 Å². The molecule has 0 saturated carbocycles. The van der Waals surface area contributed by atoms with E-state index in [1.807, 2.05) is 28.9 Å². The second-order valence-electron chi connectivity index (χ2n) is 8.00.